The molecule has 2 aromatic rings. The Kier molecular flexibility index (Phi) is 6.63. The summed E-state index contributed by atoms with van der Waals surface area (Å²) in [7, 11) is 0.802. The Morgan fingerprint density at radius 1 is 1.19 bits per heavy atom. The highest BCUT2D eigenvalue weighted by Crippen LogP contribution is 2.22. The average molecular weight is 397 g/mol. The van der Waals surface area contributed by atoms with E-state index >= 15 is 0 Å². The molecule has 0 aliphatic carbocycles. The van der Waals surface area contributed by atoms with Crippen LogP contribution in [0, 0.1) is 0 Å². The van der Waals surface area contributed by atoms with E-state index in [0.717, 1.165) is 15.6 Å². The van der Waals surface area contributed by atoms with Gasteiger partial charge in [0.05, 0.1) is 22.6 Å². The van der Waals surface area contributed by atoms with E-state index < -0.39 is 15.9 Å². The first-order valence-electron chi connectivity index (χ1n) is 7.89. The highest BCUT2D eigenvalue weighted by molar-refractivity contribution is 7.89. The molecule has 6 nitrogen and oxygen atoms in total. The fourth-order valence-electron chi connectivity index (χ4n) is 2.37. The topological polar surface area (TPSA) is 75.7 Å². The molecule has 0 radical (unpaired) electrons. The SMILES string of the molecule is COc1ccccc1CCNC(=O)c1cc(S(=O)(=O)N(C)C)ccc1Cl. The predicted octanol–water partition coefficient (Wildman–Crippen LogP) is 2.57. The summed E-state index contributed by atoms with van der Waals surface area (Å²) in [6.07, 6.45) is 0.572. The van der Waals surface area contributed by atoms with Crippen molar-refractivity contribution in [3.8, 4) is 5.75 Å². The third-order valence-corrected chi connectivity index (χ3v) is 5.97. The molecule has 0 aromatic heterocycles. The highest BCUT2D eigenvalue weighted by atomic mass is 35.5. The van der Waals surface area contributed by atoms with Crippen LogP contribution in [-0.2, 0) is 16.4 Å². The van der Waals surface area contributed by atoms with Crippen molar-refractivity contribution in [2.45, 2.75) is 11.3 Å². The number of methoxy groups -OCH3 is 1. The standard InChI is InChI=1S/C18H21ClN2O4S/c1-21(2)26(23,24)14-8-9-16(19)15(12-14)18(22)20-11-10-13-6-4-5-7-17(13)25-3/h4-9,12H,10-11H2,1-3H3,(H,20,22). The predicted molar refractivity (Wildman–Crippen MR) is 101 cm³/mol. The van der Waals surface area contributed by atoms with Crippen LogP contribution >= 0.6 is 11.6 Å². The lowest BCUT2D eigenvalue weighted by Gasteiger charge is -2.13. The summed E-state index contributed by atoms with van der Waals surface area (Å²) in [5.74, 6) is 0.319. The van der Waals surface area contributed by atoms with Gasteiger partial charge in [0.1, 0.15) is 5.75 Å². The van der Waals surface area contributed by atoms with Crippen LogP contribution in [0.25, 0.3) is 0 Å². The fourth-order valence-corrected chi connectivity index (χ4v) is 3.50. The number of hydrogen-bond donors (Lipinski definition) is 1. The molecule has 0 bridgehead atoms. The number of carbonyl (C=O) groups is 1. The first-order valence-corrected chi connectivity index (χ1v) is 9.71. The van der Waals surface area contributed by atoms with Crippen LogP contribution in [0.2, 0.25) is 5.02 Å². The van der Waals surface area contributed by atoms with Gasteiger partial charge < -0.3 is 10.1 Å². The minimum atomic E-state index is -3.64. The van der Waals surface area contributed by atoms with E-state index in [9.17, 15) is 13.2 Å². The fraction of sp³-hybridized carbons (Fsp3) is 0.278. The Balaban J connectivity index is 2.12. The van der Waals surface area contributed by atoms with Crippen molar-refractivity contribution in [2.24, 2.45) is 0 Å². The van der Waals surface area contributed by atoms with Crippen LogP contribution in [0.4, 0.5) is 0 Å². The van der Waals surface area contributed by atoms with Gasteiger partial charge in [-0.2, -0.15) is 0 Å². The molecule has 0 atom stereocenters. The Hall–Kier alpha value is -2.09. The largest absolute Gasteiger partial charge is 0.496 e. The molecule has 0 spiro atoms. The van der Waals surface area contributed by atoms with Gasteiger partial charge in [0, 0.05) is 20.6 Å². The molecule has 26 heavy (non-hydrogen) atoms. The van der Waals surface area contributed by atoms with Crippen molar-refractivity contribution in [3.63, 3.8) is 0 Å². The average Bonchev–Trinajstić information content (AvgIpc) is 2.62. The maximum atomic E-state index is 12.4. The number of ether oxygens (including phenoxy) is 1. The zero-order chi connectivity index (χ0) is 19.3. The number of carbonyl (C=O) groups excluding carboxylic acids is 1. The summed E-state index contributed by atoms with van der Waals surface area (Å²) >= 11 is 6.08. The molecular formula is C18H21ClN2O4S. The van der Waals surface area contributed by atoms with E-state index in [1.54, 1.807) is 7.11 Å². The Morgan fingerprint density at radius 3 is 2.54 bits per heavy atom. The summed E-state index contributed by atoms with van der Waals surface area (Å²) in [6.45, 7) is 0.361. The molecule has 1 amide bonds. The highest BCUT2D eigenvalue weighted by Gasteiger charge is 2.20. The minimum absolute atomic E-state index is 0.0155. The molecule has 0 aliphatic rings. The van der Waals surface area contributed by atoms with Gasteiger partial charge in [-0.05, 0) is 36.2 Å². The van der Waals surface area contributed by atoms with Crippen molar-refractivity contribution in [3.05, 3.63) is 58.6 Å². The van der Waals surface area contributed by atoms with Crippen molar-refractivity contribution < 1.29 is 17.9 Å². The van der Waals surface area contributed by atoms with Gasteiger partial charge in [-0.25, -0.2) is 12.7 Å². The van der Waals surface area contributed by atoms with Crippen molar-refractivity contribution in [1.29, 1.82) is 0 Å². The normalized spacial score (nSPS) is 11.4. The Morgan fingerprint density at radius 2 is 1.88 bits per heavy atom. The first kappa shape index (κ1) is 20.2. The molecule has 2 rings (SSSR count). The summed E-state index contributed by atoms with van der Waals surface area (Å²) in [6, 6.07) is 11.6. The van der Waals surface area contributed by atoms with E-state index in [2.05, 4.69) is 5.32 Å². The lowest BCUT2D eigenvalue weighted by Crippen LogP contribution is -2.27. The van der Waals surface area contributed by atoms with Crippen molar-refractivity contribution >= 4 is 27.5 Å². The van der Waals surface area contributed by atoms with Gasteiger partial charge in [-0.1, -0.05) is 29.8 Å². The quantitative estimate of drug-likeness (QED) is 0.780. The molecular weight excluding hydrogens is 376 g/mol. The molecule has 0 saturated heterocycles. The number of sulfonamides is 1. The summed E-state index contributed by atoms with van der Waals surface area (Å²) in [5.41, 5.74) is 1.08. The lowest BCUT2D eigenvalue weighted by atomic mass is 10.1. The first-order chi connectivity index (χ1) is 12.3. The maximum Gasteiger partial charge on any atom is 0.252 e. The second-order valence-electron chi connectivity index (χ2n) is 5.75. The summed E-state index contributed by atoms with van der Waals surface area (Å²) in [4.78, 5) is 12.4. The number of halogens is 1. The number of benzene rings is 2. The van der Waals surface area contributed by atoms with Gasteiger partial charge in [-0.15, -0.1) is 0 Å². The van der Waals surface area contributed by atoms with Crippen LogP contribution < -0.4 is 10.1 Å². The number of nitrogens with one attached hydrogen (secondary N) is 1. The number of nitrogens with zero attached hydrogens (tertiary/aromatic N) is 1. The van der Waals surface area contributed by atoms with E-state index in [1.165, 1.54) is 32.3 Å². The molecule has 0 heterocycles. The molecule has 0 saturated carbocycles. The van der Waals surface area contributed by atoms with Crippen LogP contribution in [0.5, 0.6) is 5.75 Å². The number of amides is 1. The van der Waals surface area contributed by atoms with Gasteiger partial charge in [-0.3, -0.25) is 4.79 Å². The molecule has 140 valence electrons. The summed E-state index contributed by atoms with van der Waals surface area (Å²) < 4.78 is 30.8. The Bertz CT molecular complexity index is 898. The third kappa shape index (κ3) is 4.55. The van der Waals surface area contributed by atoms with Gasteiger partial charge in [0.15, 0.2) is 0 Å². The molecule has 8 heteroatoms. The van der Waals surface area contributed by atoms with Crippen LogP contribution in [0.3, 0.4) is 0 Å². The van der Waals surface area contributed by atoms with Crippen molar-refractivity contribution in [2.75, 3.05) is 27.7 Å². The number of para-hydroxylation sites is 1. The van der Waals surface area contributed by atoms with Crippen LogP contribution in [0.15, 0.2) is 47.4 Å². The van der Waals surface area contributed by atoms with E-state index in [1.807, 2.05) is 24.3 Å². The van der Waals surface area contributed by atoms with Gasteiger partial charge in [0.2, 0.25) is 10.0 Å². The van der Waals surface area contributed by atoms with Crippen LogP contribution in [-0.4, -0.2) is 46.4 Å². The molecule has 1 N–H and O–H groups in total. The minimum Gasteiger partial charge on any atom is -0.496 e. The molecule has 2 aromatic carbocycles. The van der Waals surface area contributed by atoms with E-state index in [4.69, 9.17) is 16.3 Å². The second kappa shape index (κ2) is 8.53. The Labute approximate surface area is 158 Å². The third-order valence-electron chi connectivity index (χ3n) is 3.83. The summed E-state index contributed by atoms with van der Waals surface area (Å²) in [5, 5.41) is 2.95. The molecule has 0 unspecified atom stereocenters. The lowest BCUT2D eigenvalue weighted by molar-refractivity contribution is 0.0954. The maximum absolute atomic E-state index is 12.4. The zero-order valence-corrected chi connectivity index (χ0v) is 16.4. The zero-order valence-electron chi connectivity index (χ0n) is 14.8. The van der Waals surface area contributed by atoms with Gasteiger partial charge in [0.25, 0.3) is 5.91 Å². The second-order valence-corrected chi connectivity index (χ2v) is 8.31. The van der Waals surface area contributed by atoms with Crippen molar-refractivity contribution in [1.82, 2.24) is 9.62 Å². The van der Waals surface area contributed by atoms with Gasteiger partial charge >= 0.3 is 0 Å². The monoisotopic (exact) mass is 396 g/mol. The molecule has 0 fully saturated rings. The van der Waals surface area contributed by atoms with E-state index in [-0.39, 0.29) is 15.5 Å². The number of hydrogen-bond acceptors (Lipinski definition) is 4. The number of rotatable bonds is 7. The van der Waals surface area contributed by atoms with E-state index in [0.29, 0.717) is 13.0 Å². The van der Waals surface area contributed by atoms with Crippen LogP contribution in [0.1, 0.15) is 15.9 Å². The smallest absolute Gasteiger partial charge is 0.252 e. The molecule has 0 aliphatic heterocycles.